The van der Waals surface area contributed by atoms with Gasteiger partial charge >= 0.3 is 5.97 Å². The molecule has 144 valence electrons. The Hall–Kier alpha value is -3.38. The fourth-order valence-electron chi connectivity index (χ4n) is 2.93. The van der Waals surface area contributed by atoms with Crippen LogP contribution in [-0.2, 0) is 16.1 Å². The lowest BCUT2D eigenvalue weighted by Gasteiger charge is -2.12. The lowest BCUT2D eigenvalue weighted by Crippen LogP contribution is -2.18. The Labute approximate surface area is 162 Å². The van der Waals surface area contributed by atoms with Crippen LogP contribution < -0.4 is 10.3 Å². The van der Waals surface area contributed by atoms with E-state index in [1.807, 2.05) is 0 Å². The number of aliphatic hydroxyl groups excluding tert-OH is 1. The molecule has 0 aliphatic heterocycles. The van der Waals surface area contributed by atoms with E-state index < -0.39 is 5.97 Å². The zero-order valence-electron chi connectivity index (χ0n) is 15.7. The molecule has 0 unspecified atom stereocenters. The van der Waals surface area contributed by atoms with Gasteiger partial charge in [0, 0.05) is 23.3 Å². The van der Waals surface area contributed by atoms with Gasteiger partial charge in [-0.1, -0.05) is 6.07 Å². The molecule has 2 aromatic carbocycles. The summed E-state index contributed by atoms with van der Waals surface area (Å²) in [5.41, 5.74) is 1.82. The van der Waals surface area contributed by atoms with E-state index in [1.165, 1.54) is 10.6 Å². The van der Waals surface area contributed by atoms with E-state index >= 15 is 0 Å². The third-order valence-corrected chi connectivity index (χ3v) is 4.33. The molecule has 28 heavy (non-hydrogen) atoms. The largest absolute Gasteiger partial charge is 0.497 e. The van der Waals surface area contributed by atoms with Gasteiger partial charge in [-0.2, -0.15) is 0 Å². The van der Waals surface area contributed by atoms with Crippen molar-refractivity contribution in [2.24, 2.45) is 0 Å². The second-order valence-corrected chi connectivity index (χ2v) is 6.08. The van der Waals surface area contributed by atoms with E-state index in [2.05, 4.69) is 0 Å². The molecule has 0 radical (unpaired) electrons. The van der Waals surface area contributed by atoms with Gasteiger partial charge < -0.3 is 14.6 Å². The molecule has 1 aromatic heterocycles. The number of hydrogen-bond donors (Lipinski definition) is 1. The normalized spacial score (nSPS) is 11.1. The maximum Gasteiger partial charge on any atom is 0.330 e. The van der Waals surface area contributed by atoms with Crippen LogP contribution in [0.2, 0.25) is 0 Å². The first-order chi connectivity index (χ1) is 13.6. The maximum atomic E-state index is 13.0. The highest BCUT2D eigenvalue weighted by Crippen LogP contribution is 2.22. The van der Waals surface area contributed by atoms with Crippen molar-refractivity contribution in [3.8, 4) is 11.4 Å². The smallest absolute Gasteiger partial charge is 0.330 e. The highest BCUT2D eigenvalue weighted by atomic mass is 16.5. The fraction of sp³-hybridized carbons (Fsp3) is 0.182. The summed E-state index contributed by atoms with van der Waals surface area (Å²) in [6, 6.07) is 12.3. The maximum absolute atomic E-state index is 13.0. The second kappa shape index (κ2) is 8.54. The number of fused-ring (bicyclic) bond motifs is 1. The van der Waals surface area contributed by atoms with Crippen molar-refractivity contribution in [1.82, 2.24) is 4.57 Å². The Kier molecular flexibility index (Phi) is 5.91. The molecule has 6 nitrogen and oxygen atoms in total. The van der Waals surface area contributed by atoms with Gasteiger partial charge in [-0.3, -0.25) is 9.36 Å². The molecule has 0 bridgehead atoms. The first-order valence-electron chi connectivity index (χ1n) is 8.85. The Morgan fingerprint density at radius 3 is 2.54 bits per heavy atom. The van der Waals surface area contributed by atoms with Gasteiger partial charge in [0.2, 0.25) is 0 Å². The molecule has 0 fully saturated rings. The second-order valence-electron chi connectivity index (χ2n) is 6.08. The van der Waals surface area contributed by atoms with Gasteiger partial charge in [0.25, 0.3) is 5.56 Å². The van der Waals surface area contributed by atoms with E-state index in [1.54, 1.807) is 68.8 Å². The Bertz CT molecular complexity index is 1080. The molecule has 3 rings (SSSR count). The van der Waals surface area contributed by atoms with Crippen LogP contribution in [-0.4, -0.2) is 29.4 Å². The molecule has 1 heterocycles. The first-order valence-corrected chi connectivity index (χ1v) is 8.85. The SMILES string of the molecule is CCOC(=O)/C=C/c1cn(-c2ccc(OC)cc2)c(=O)c2ccc(CO)cc12. The van der Waals surface area contributed by atoms with Gasteiger partial charge in [-0.05, 0) is 65.9 Å². The molecule has 1 N–H and O–H groups in total. The van der Waals surface area contributed by atoms with Crippen molar-refractivity contribution in [1.29, 1.82) is 0 Å². The van der Waals surface area contributed by atoms with E-state index in [0.29, 0.717) is 33.3 Å². The molecule has 0 saturated heterocycles. The summed E-state index contributed by atoms with van der Waals surface area (Å²) in [4.78, 5) is 24.8. The zero-order chi connectivity index (χ0) is 20.1. The average Bonchev–Trinajstić information content (AvgIpc) is 2.73. The lowest BCUT2D eigenvalue weighted by atomic mass is 10.0. The molecular formula is C22H21NO5. The van der Waals surface area contributed by atoms with Crippen molar-refractivity contribution >= 4 is 22.8 Å². The number of nitrogens with zero attached hydrogens (tertiary/aromatic N) is 1. The van der Waals surface area contributed by atoms with Crippen LogP contribution in [0.5, 0.6) is 5.75 Å². The number of aromatic nitrogens is 1. The number of benzene rings is 2. The zero-order valence-corrected chi connectivity index (χ0v) is 15.7. The number of carbonyl (C=O) groups excluding carboxylic acids is 1. The van der Waals surface area contributed by atoms with E-state index in [9.17, 15) is 14.7 Å². The number of methoxy groups -OCH3 is 1. The summed E-state index contributed by atoms with van der Waals surface area (Å²) in [7, 11) is 1.58. The summed E-state index contributed by atoms with van der Waals surface area (Å²) in [5, 5.41) is 10.6. The molecule has 3 aromatic rings. The molecule has 0 aliphatic rings. The van der Waals surface area contributed by atoms with Crippen LogP contribution >= 0.6 is 0 Å². The minimum absolute atomic E-state index is 0.140. The molecule has 0 saturated carbocycles. The highest BCUT2D eigenvalue weighted by molar-refractivity contribution is 5.94. The number of ether oxygens (including phenoxy) is 2. The van der Waals surface area contributed by atoms with Gasteiger partial charge in [-0.25, -0.2) is 4.79 Å². The molecule has 0 aliphatic carbocycles. The number of esters is 1. The van der Waals surface area contributed by atoms with E-state index in [-0.39, 0.29) is 18.8 Å². The summed E-state index contributed by atoms with van der Waals surface area (Å²) in [6.07, 6.45) is 4.61. The van der Waals surface area contributed by atoms with Crippen LogP contribution in [0.3, 0.4) is 0 Å². The van der Waals surface area contributed by atoms with Crippen molar-refractivity contribution < 1.29 is 19.4 Å². The summed E-state index contributed by atoms with van der Waals surface area (Å²) < 4.78 is 11.6. The van der Waals surface area contributed by atoms with Gasteiger partial charge in [0.05, 0.1) is 20.3 Å². The minimum Gasteiger partial charge on any atom is -0.497 e. The Balaban J connectivity index is 2.20. The molecule has 6 heteroatoms. The quantitative estimate of drug-likeness (QED) is 0.526. The summed E-state index contributed by atoms with van der Waals surface area (Å²) in [6.45, 7) is 1.88. The average molecular weight is 379 g/mol. The lowest BCUT2D eigenvalue weighted by molar-refractivity contribution is -0.137. The topological polar surface area (TPSA) is 77.8 Å². The van der Waals surface area contributed by atoms with E-state index in [0.717, 1.165) is 0 Å². The van der Waals surface area contributed by atoms with Crippen LogP contribution in [0, 0.1) is 0 Å². The van der Waals surface area contributed by atoms with Crippen molar-refractivity contribution in [3.63, 3.8) is 0 Å². The number of rotatable bonds is 6. The van der Waals surface area contributed by atoms with Crippen molar-refractivity contribution in [2.75, 3.05) is 13.7 Å². The van der Waals surface area contributed by atoms with Crippen LogP contribution in [0.15, 0.2) is 59.5 Å². The van der Waals surface area contributed by atoms with Gasteiger partial charge in [0.15, 0.2) is 0 Å². The number of aliphatic hydroxyl groups is 1. The van der Waals surface area contributed by atoms with E-state index in [4.69, 9.17) is 9.47 Å². The monoisotopic (exact) mass is 379 g/mol. The van der Waals surface area contributed by atoms with Gasteiger partial charge in [0.1, 0.15) is 5.75 Å². The third-order valence-electron chi connectivity index (χ3n) is 4.33. The summed E-state index contributed by atoms with van der Waals surface area (Å²) in [5.74, 6) is 0.226. The fourth-order valence-corrected chi connectivity index (χ4v) is 2.93. The van der Waals surface area contributed by atoms with Gasteiger partial charge in [-0.15, -0.1) is 0 Å². The van der Waals surface area contributed by atoms with Crippen LogP contribution in [0.4, 0.5) is 0 Å². The molecule has 0 atom stereocenters. The number of pyridine rings is 1. The van der Waals surface area contributed by atoms with Crippen molar-refractivity contribution in [3.05, 3.63) is 76.2 Å². The Morgan fingerprint density at radius 1 is 1.14 bits per heavy atom. The predicted molar refractivity (Wildman–Crippen MR) is 108 cm³/mol. The molecular weight excluding hydrogens is 358 g/mol. The van der Waals surface area contributed by atoms with Crippen LogP contribution in [0.1, 0.15) is 18.1 Å². The standard InChI is InChI=1S/C22H21NO5/c1-3-28-21(25)11-5-16-13-23(17-6-8-18(27-2)9-7-17)22(26)19-10-4-15(14-24)12-20(16)19/h4-13,24H,3,14H2,1-2H3/b11-5+. The molecule has 0 spiro atoms. The molecule has 0 amide bonds. The van der Waals surface area contributed by atoms with Crippen molar-refractivity contribution in [2.45, 2.75) is 13.5 Å². The number of carbonyl (C=O) groups is 1. The Morgan fingerprint density at radius 2 is 1.89 bits per heavy atom. The summed E-state index contributed by atoms with van der Waals surface area (Å²) >= 11 is 0. The highest BCUT2D eigenvalue weighted by Gasteiger charge is 2.10. The minimum atomic E-state index is -0.462. The van der Waals surface area contributed by atoms with Crippen LogP contribution in [0.25, 0.3) is 22.5 Å². The predicted octanol–water partition coefficient (Wildman–Crippen LogP) is 3.07. The first kappa shape index (κ1) is 19.4. The third kappa shape index (κ3) is 3.97. The number of hydrogen-bond acceptors (Lipinski definition) is 5.